The van der Waals surface area contributed by atoms with Crippen LogP contribution in [0.2, 0.25) is 5.02 Å². The summed E-state index contributed by atoms with van der Waals surface area (Å²) in [5.41, 5.74) is 3.05. The van der Waals surface area contributed by atoms with Crippen molar-refractivity contribution in [2.24, 2.45) is 0 Å². The molecule has 0 spiro atoms. The molecule has 0 unspecified atom stereocenters. The van der Waals surface area contributed by atoms with Crippen LogP contribution in [-0.4, -0.2) is 50.4 Å². The number of anilines is 2. The fourth-order valence-electron chi connectivity index (χ4n) is 3.67. The van der Waals surface area contributed by atoms with Crippen molar-refractivity contribution in [1.82, 2.24) is 9.88 Å². The molecule has 1 fully saturated rings. The molecule has 3 aromatic rings. The van der Waals surface area contributed by atoms with Crippen molar-refractivity contribution < 1.29 is 13.2 Å². The van der Waals surface area contributed by atoms with Gasteiger partial charge in [-0.2, -0.15) is 0 Å². The second kappa shape index (κ2) is 9.41. The molecule has 1 aromatic heterocycles. The molecular weight excluding hydrogens is 460 g/mol. The van der Waals surface area contributed by atoms with Crippen LogP contribution in [0.3, 0.4) is 0 Å². The molecule has 1 aliphatic heterocycles. The Bertz CT molecular complexity index is 1250. The summed E-state index contributed by atoms with van der Waals surface area (Å²) >= 11 is 5.90. The minimum absolute atomic E-state index is 0.107. The summed E-state index contributed by atoms with van der Waals surface area (Å²) in [4.78, 5) is 21.2. The summed E-state index contributed by atoms with van der Waals surface area (Å²) in [5, 5.41) is 0.585. The zero-order chi connectivity index (χ0) is 23.6. The maximum absolute atomic E-state index is 12.9. The topological polar surface area (TPSA) is 82.6 Å². The number of pyridine rings is 1. The van der Waals surface area contributed by atoms with Gasteiger partial charge in [-0.3, -0.25) is 9.52 Å². The molecule has 1 saturated heterocycles. The largest absolute Gasteiger partial charge is 0.353 e. The third-order valence-corrected chi connectivity index (χ3v) is 7.39. The normalized spacial score (nSPS) is 14.3. The quantitative estimate of drug-likeness (QED) is 0.589. The number of rotatable bonds is 5. The zero-order valence-electron chi connectivity index (χ0n) is 18.5. The van der Waals surface area contributed by atoms with Gasteiger partial charge in [0, 0.05) is 43.6 Å². The molecule has 2 aromatic carbocycles. The molecule has 0 atom stereocenters. The van der Waals surface area contributed by atoms with Gasteiger partial charge in [0.15, 0.2) is 0 Å². The van der Waals surface area contributed by atoms with Crippen LogP contribution in [0.1, 0.15) is 21.5 Å². The number of amides is 1. The van der Waals surface area contributed by atoms with Crippen LogP contribution in [0.25, 0.3) is 0 Å². The lowest BCUT2D eigenvalue weighted by Gasteiger charge is -2.35. The predicted molar refractivity (Wildman–Crippen MR) is 131 cm³/mol. The number of aryl methyl sites for hydroxylation is 2. The van der Waals surface area contributed by atoms with Gasteiger partial charge in [-0.05, 0) is 73.5 Å². The van der Waals surface area contributed by atoms with Gasteiger partial charge in [-0.15, -0.1) is 0 Å². The molecule has 33 heavy (non-hydrogen) atoms. The van der Waals surface area contributed by atoms with Crippen molar-refractivity contribution in [2.75, 3.05) is 35.8 Å². The first kappa shape index (κ1) is 23.1. The summed E-state index contributed by atoms with van der Waals surface area (Å²) in [5.74, 6) is 0.710. The Hall–Kier alpha value is -3.10. The third-order valence-electron chi connectivity index (χ3n) is 5.77. The highest BCUT2D eigenvalue weighted by molar-refractivity contribution is 7.92. The van der Waals surface area contributed by atoms with Crippen LogP contribution < -0.4 is 9.62 Å². The lowest BCUT2D eigenvalue weighted by atomic mass is 10.1. The Balaban J connectivity index is 1.39. The monoisotopic (exact) mass is 484 g/mol. The van der Waals surface area contributed by atoms with E-state index in [4.69, 9.17) is 11.6 Å². The molecule has 0 saturated carbocycles. The second-order valence-electron chi connectivity index (χ2n) is 8.04. The van der Waals surface area contributed by atoms with E-state index in [0.29, 0.717) is 42.5 Å². The Morgan fingerprint density at radius 3 is 2.24 bits per heavy atom. The summed E-state index contributed by atoms with van der Waals surface area (Å²) < 4.78 is 28.1. The summed E-state index contributed by atoms with van der Waals surface area (Å²) in [7, 11) is -3.75. The molecule has 1 amide bonds. The summed E-state index contributed by atoms with van der Waals surface area (Å²) in [6.07, 6.45) is 1.61. The summed E-state index contributed by atoms with van der Waals surface area (Å²) in [6.45, 7) is 6.32. The number of halogens is 1. The highest BCUT2D eigenvalue weighted by atomic mass is 35.5. The number of nitrogens with zero attached hydrogens (tertiary/aromatic N) is 3. The maximum Gasteiger partial charge on any atom is 0.261 e. The van der Waals surface area contributed by atoms with E-state index in [0.717, 1.165) is 16.9 Å². The van der Waals surface area contributed by atoms with E-state index in [1.54, 1.807) is 41.4 Å². The highest BCUT2D eigenvalue weighted by Gasteiger charge is 2.23. The van der Waals surface area contributed by atoms with Crippen molar-refractivity contribution in [3.05, 3.63) is 82.5 Å². The average molecular weight is 485 g/mol. The van der Waals surface area contributed by atoms with Crippen LogP contribution in [0.5, 0.6) is 0 Å². The Labute approximate surface area is 199 Å². The minimum Gasteiger partial charge on any atom is -0.353 e. The third kappa shape index (κ3) is 5.29. The minimum atomic E-state index is -3.75. The van der Waals surface area contributed by atoms with Gasteiger partial charge in [0.25, 0.3) is 15.9 Å². The Morgan fingerprint density at radius 1 is 0.939 bits per heavy atom. The lowest BCUT2D eigenvalue weighted by molar-refractivity contribution is 0.0746. The smallest absolute Gasteiger partial charge is 0.261 e. The van der Waals surface area contributed by atoms with E-state index in [-0.39, 0.29) is 10.8 Å². The maximum atomic E-state index is 12.9. The van der Waals surface area contributed by atoms with Gasteiger partial charge >= 0.3 is 0 Å². The van der Waals surface area contributed by atoms with Crippen molar-refractivity contribution in [3.8, 4) is 0 Å². The van der Waals surface area contributed by atoms with Crippen molar-refractivity contribution >= 4 is 39.0 Å². The van der Waals surface area contributed by atoms with E-state index in [2.05, 4.69) is 14.6 Å². The number of hydrogen-bond acceptors (Lipinski definition) is 5. The van der Waals surface area contributed by atoms with Crippen LogP contribution in [0, 0.1) is 13.8 Å². The molecular formula is C24H25ClN4O3S. The van der Waals surface area contributed by atoms with E-state index in [1.165, 1.54) is 12.1 Å². The van der Waals surface area contributed by atoms with E-state index in [9.17, 15) is 13.2 Å². The van der Waals surface area contributed by atoms with Crippen LogP contribution in [0.15, 0.2) is 65.7 Å². The molecule has 0 aliphatic carbocycles. The average Bonchev–Trinajstić information content (AvgIpc) is 2.81. The van der Waals surface area contributed by atoms with Gasteiger partial charge in [-0.1, -0.05) is 17.7 Å². The van der Waals surface area contributed by atoms with Crippen LogP contribution in [-0.2, 0) is 10.0 Å². The van der Waals surface area contributed by atoms with Gasteiger partial charge < -0.3 is 9.80 Å². The van der Waals surface area contributed by atoms with Crippen molar-refractivity contribution in [3.63, 3.8) is 0 Å². The fraction of sp³-hybridized carbons (Fsp3) is 0.250. The fourth-order valence-corrected chi connectivity index (χ4v) is 4.83. The zero-order valence-corrected chi connectivity index (χ0v) is 20.0. The molecule has 0 radical (unpaired) electrons. The number of carbonyl (C=O) groups excluding carboxylic acids is 1. The highest BCUT2D eigenvalue weighted by Crippen LogP contribution is 2.21. The molecule has 1 N–H and O–H groups in total. The number of hydrogen-bond donors (Lipinski definition) is 1. The number of sulfonamides is 1. The predicted octanol–water partition coefficient (Wildman–Crippen LogP) is 4.12. The Kier molecular flexibility index (Phi) is 6.58. The first-order chi connectivity index (χ1) is 15.7. The SMILES string of the molecule is Cc1ccc(NS(=O)(=O)c2ccc(C(=O)N3CCN(c4ccc(Cl)cn4)CC3)cc2)cc1C. The Morgan fingerprint density at radius 2 is 1.64 bits per heavy atom. The second-order valence-corrected chi connectivity index (χ2v) is 10.2. The first-order valence-electron chi connectivity index (χ1n) is 10.6. The van der Waals surface area contributed by atoms with Crippen LogP contribution in [0.4, 0.5) is 11.5 Å². The van der Waals surface area contributed by atoms with Gasteiger partial charge in [0.1, 0.15) is 5.82 Å². The van der Waals surface area contributed by atoms with Crippen molar-refractivity contribution in [1.29, 1.82) is 0 Å². The summed E-state index contributed by atoms with van der Waals surface area (Å²) in [6, 6.07) is 15.1. The van der Waals surface area contributed by atoms with Gasteiger partial charge in [0.05, 0.1) is 9.92 Å². The number of carbonyl (C=O) groups is 1. The number of aromatic nitrogens is 1. The van der Waals surface area contributed by atoms with Crippen LogP contribution >= 0.6 is 11.6 Å². The first-order valence-corrected chi connectivity index (χ1v) is 12.4. The van der Waals surface area contributed by atoms with Gasteiger partial charge in [0.2, 0.25) is 0 Å². The molecule has 7 nitrogen and oxygen atoms in total. The van der Waals surface area contributed by atoms with E-state index in [1.807, 2.05) is 26.0 Å². The van der Waals surface area contributed by atoms with E-state index < -0.39 is 10.0 Å². The molecule has 2 heterocycles. The van der Waals surface area contributed by atoms with E-state index >= 15 is 0 Å². The van der Waals surface area contributed by atoms with Gasteiger partial charge in [-0.25, -0.2) is 13.4 Å². The molecule has 172 valence electrons. The molecule has 9 heteroatoms. The number of piperazine rings is 1. The number of nitrogens with one attached hydrogen (secondary N) is 1. The van der Waals surface area contributed by atoms with Crippen molar-refractivity contribution in [2.45, 2.75) is 18.7 Å². The molecule has 1 aliphatic rings. The molecule has 0 bridgehead atoms. The standard InChI is InChI=1S/C24H25ClN4O3S/c1-17-3-7-21(15-18(17)2)27-33(31,32)22-8-4-19(5-9-22)24(30)29-13-11-28(12-14-29)23-10-6-20(25)16-26-23/h3-10,15-16,27H,11-14H2,1-2H3. The molecule has 4 rings (SSSR count). The lowest BCUT2D eigenvalue weighted by Crippen LogP contribution is -2.49. The number of benzene rings is 2.